The van der Waals surface area contributed by atoms with Gasteiger partial charge < -0.3 is 10.5 Å². The molecule has 2 rings (SSSR count). The smallest absolute Gasteiger partial charge is 0.119 e. The van der Waals surface area contributed by atoms with Gasteiger partial charge in [-0.05, 0) is 48.7 Å². The molecule has 0 radical (unpaired) electrons. The number of hydrogen-bond donors (Lipinski definition) is 1. The van der Waals surface area contributed by atoms with Crippen molar-refractivity contribution in [3.63, 3.8) is 0 Å². The first kappa shape index (κ1) is 16.2. The van der Waals surface area contributed by atoms with Crippen LogP contribution in [0.25, 0.3) is 0 Å². The summed E-state index contributed by atoms with van der Waals surface area (Å²) in [6.07, 6.45) is 1.77. The first-order valence-corrected chi connectivity index (χ1v) is 8.17. The number of hydrogen-bond acceptors (Lipinski definition) is 3. The van der Waals surface area contributed by atoms with E-state index in [4.69, 9.17) is 22.1 Å². The van der Waals surface area contributed by atoms with Gasteiger partial charge in [0, 0.05) is 20.9 Å². The molecule has 1 atom stereocenters. The van der Waals surface area contributed by atoms with E-state index in [1.54, 1.807) is 18.9 Å². The zero-order valence-electron chi connectivity index (χ0n) is 12.3. The van der Waals surface area contributed by atoms with Crippen molar-refractivity contribution >= 4 is 23.4 Å². The molecule has 112 valence electrons. The molecule has 0 aliphatic rings. The Morgan fingerprint density at radius 1 is 1.19 bits per heavy atom. The summed E-state index contributed by atoms with van der Waals surface area (Å²) in [5.41, 5.74) is 7.10. The summed E-state index contributed by atoms with van der Waals surface area (Å²) in [4.78, 5) is 2.24. The summed E-state index contributed by atoms with van der Waals surface area (Å²) in [7, 11) is 1.67. The normalized spacial score (nSPS) is 12.2. The van der Waals surface area contributed by atoms with Crippen LogP contribution in [0.5, 0.6) is 5.75 Å². The number of ether oxygens (including phenoxy) is 1. The Kier molecular flexibility index (Phi) is 5.97. The van der Waals surface area contributed by atoms with E-state index >= 15 is 0 Å². The molecule has 21 heavy (non-hydrogen) atoms. The van der Waals surface area contributed by atoms with E-state index in [2.05, 4.69) is 25.1 Å². The Bertz CT molecular complexity index is 603. The third kappa shape index (κ3) is 4.67. The van der Waals surface area contributed by atoms with Gasteiger partial charge in [-0.1, -0.05) is 42.4 Å². The molecule has 0 aromatic heterocycles. The Hall–Kier alpha value is -1.16. The highest BCUT2D eigenvalue weighted by molar-refractivity contribution is 7.99. The van der Waals surface area contributed by atoms with Crippen LogP contribution in [-0.4, -0.2) is 13.2 Å². The maximum atomic E-state index is 6.36. The van der Waals surface area contributed by atoms with Crippen molar-refractivity contribution in [1.29, 1.82) is 0 Å². The van der Waals surface area contributed by atoms with Crippen LogP contribution in [0.1, 0.15) is 18.9 Å². The molecule has 0 amide bonds. The van der Waals surface area contributed by atoms with Crippen molar-refractivity contribution < 1.29 is 4.74 Å². The number of methoxy groups -OCH3 is 1. The predicted octanol–water partition coefficient (Wildman–Crippen LogP) is 4.78. The molecule has 2 N–H and O–H groups in total. The third-order valence-corrected chi connectivity index (χ3v) is 4.64. The van der Waals surface area contributed by atoms with Gasteiger partial charge in [0.25, 0.3) is 0 Å². The number of nitrogens with two attached hydrogens (primary N) is 1. The number of benzene rings is 2. The Labute approximate surface area is 135 Å². The van der Waals surface area contributed by atoms with Crippen LogP contribution in [0.3, 0.4) is 0 Å². The van der Waals surface area contributed by atoms with E-state index < -0.39 is 0 Å². The molecule has 0 saturated carbocycles. The molecule has 0 fully saturated rings. The van der Waals surface area contributed by atoms with Gasteiger partial charge in [-0.2, -0.15) is 0 Å². The van der Waals surface area contributed by atoms with Gasteiger partial charge in [0.1, 0.15) is 5.75 Å². The maximum Gasteiger partial charge on any atom is 0.119 e. The Morgan fingerprint density at radius 2 is 1.95 bits per heavy atom. The minimum atomic E-state index is 0.166. The van der Waals surface area contributed by atoms with Gasteiger partial charge in [0.2, 0.25) is 0 Å². The highest BCUT2D eigenvalue weighted by Gasteiger charge is 2.07. The predicted molar refractivity (Wildman–Crippen MR) is 90.5 cm³/mol. The SMILES string of the molecule is CCC(N)Cc1ccc(Sc2cccc(OC)c2)cc1Cl. The van der Waals surface area contributed by atoms with Crippen LogP contribution in [0.15, 0.2) is 52.3 Å². The Balaban J connectivity index is 2.12. The van der Waals surface area contributed by atoms with Gasteiger partial charge in [-0.15, -0.1) is 0 Å². The standard InChI is InChI=1S/C17H20ClNOS/c1-3-13(19)9-12-7-8-16(11-17(12)18)21-15-6-4-5-14(10-15)20-2/h4-8,10-11,13H,3,9,19H2,1-2H3. The molecule has 0 aliphatic heterocycles. The summed E-state index contributed by atoms with van der Waals surface area (Å²) < 4.78 is 5.24. The molecule has 2 nitrogen and oxygen atoms in total. The molecule has 0 aliphatic carbocycles. The molecule has 0 heterocycles. The van der Waals surface area contributed by atoms with E-state index in [1.807, 2.05) is 24.3 Å². The van der Waals surface area contributed by atoms with Crippen LogP contribution >= 0.6 is 23.4 Å². The van der Waals surface area contributed by atoms with E-state index in [0.29, 0.717) is 0 Å². The monoisotopic (exact) mass is 321 g/mol. The summed E-state index contributed by atoms with van der Waals surface area (Å²) in [5.74, 6) is 0.858. The molecule has 0 saturated heterocycles. The molecule has 0 bridgehead atoms. The van der Waals surface area contributed by atoms with Crippen LogP contribution < -0.4 is 10.5 Å². The third-order valence-electron chi connectivity index (χ3n) is 3.31. The van der Waals surface area contributed by atoms with Crippen LogP contribution in [-0.2, 0) is 6.42 Å². The zero-order chi connectivity index (χ0) is 15.2. The van der Waals surface area contributed by atoms with Gasteiger partial charge in [0.15, 0.2) is 0 Å². The molecular weight excluding hydrogens is 302 g/mol. The molecule has 2 aromatic rings. The lowest BCUT2D eigenvalue weighted by molar-refractivity contribution is 0.413. The van der Waals surface area contributed by atoms with Crippen LogP contribution in [0.2, 0.25) is 5.02 Å². The second kappa shape index (κ2) is 7.74. The molecule has 4 heteroatoms. The van der Waals surface area contributed by atoms with Crippen LogP contribution in [0.4, 0.5) is 0 Å². The summed E-state index contributed by atoms with van der Waals surface area (Å²) >= 11 is 8.03. The minimum Gasteiger partial charge on any atom is -0.497 e. The average Bonchev–Trinajstić information content (AvgIpc) is 2.50. The summed E-state index contributed by atoms with van der Waals surface area (Å²) in [5, 5.41) is 0.784. The highest BCUT2D eigenvalue weighted by Crippen LogP contribution is 2.32. The molecule has 2 aromatic carbocycles. The minimum absolute atomic E-state index is 0.166. The topological polar surface area (TPSA) is 35.2 Å². The Morgan fingerprint density at radius 3 is 2.62 bits per heavy atom. The van der Waals surface area contributed by atoms with Crippen molar-refractivity contribution in [1.82, 2.24) is 0 Å². The van der Waals surface area contributed by atoms with Crippen LogP contribution in [0, 0.1) is 0 Å². The van der Waals surface area contributed by atoms with Crippen molar-refractivity contribution in [2.24, 2.45) is 5.73 Å². The number of halogens is 1. The van der Waals surface area contributed by atoms with Crippen molar-refractivity contribution in [2.75, 3.05) is 7.11 Å². The highest BCUT2D eigenvalue weighted by atomic mass is 35.5. The molecule has 1 unspecified atom stereocenters. The maximum absolute atomic E-state index is 6.36. The van der Waals surface area contributed by atoms with Crippen molar-refractivity contribution in [2.45, 2.75) is 35.6 Å². The van der Waals surface area contributed by atoms with Crippen molar-refractivity contribution in [3.8, 4) is 5.75 Å². The lowest BCUT2D eigenvalue weighted by Gasteiger charge is -2.11. The molecular formula is C17H20ClNOS. The van der Waals surface area contributed by atoms with Gasteiger partial charge in [-0.3, -0.25) is 0 Å². The quantitative estimate of drug-likeness (QED) is 0.831. The largest absolute Gasteiger partial charge is 0.497 e. The van der Waals surface area contributed by atoms with E-state index in [-0.39, 0.29) is 6.04 Å². The lowest BCUT2D eigenvalue weighted by Crippen LogP contribution is -2.21. The van der Waals surface area contributed by atoms with Gasteiger partial charge in [0.05, 0.1) is 7.11 Å². The second-order valence-corrected chi connectivity index (χ2v) is 6.46. The van der Waals surface area contributed by atoms with E-state index in [1.165, 1.54) is 0 Å². The zero-order valence-corrected chi connectivity index (χ0v) is 13.9. The van der Waals surface area contributed by atoms with E-state index in [9.17, 15) is 0 Å². The summed E-state index contributed by atoms with van der Waals surface area (Å²) in [6.45, 7) is 2.09. The first-order valence-electron chi connectivity index (χ1n) is 6.98. The average molecular weight is 322 g/mol. The fourth-order valence-electron chi connectivity index (χ4n) is 1.98. The summed E-state index contributed by atoms with van der Waals surface area (Å²) in [6, 6.07) is 14.3. The van der Waals surface area contributed by atoms with Gasteiger partial charge >= 0.3 is 0 Å². The second-order valence-electron chi connectivity index (χ2n) is 4.91. The molecule has 0 spiro atoms. The fraction of sp³-hybridized carbons (Fsp3) is 0.294. The number of rotatable bonds is 6. The van der Waals surface area contributed by atoms with Crippen molar-refractivity contribution in [3.05, 3.63) is 53.1 Å². The first-order chi connectivity index (χ1) is 10.1. The fourth-order valence-corrected chi connectivity index (χ4v) is 3.21. The van der Waals surface area contributed by atoms with Gasteiger partial charge in [-0.25, -0.2) is 0 Å². The lowest BCUT2D eigenvalue weighted by atomic mass is 10.1. The van der Waals surface area contributed by atoms with E-state index in [0.717, 1.165) is 39.0 Å².